The fourth-order valence-corrected chi connectivity index (χ4v) is 1.32. The van der Waals surface area contributed by atoms with E-state index in [-0.39, 0.29) is 5.56 Å². The van der Waals surface area contributed by atoms with Gasteiger partial charge in [0.15, 0.2) is 0 Å². The Hall–Kier alpha value is -1.55. The third kappa shape index (κ3) is 2.70. The van der Waals surface area contributed by atoms with Crippen LogP contribution < -0.4 is 4.74 Å². The topological polar surface area (TPSA) is 55.8 Å². The maximum Gasteiger partial charge on any atom is 0.339 e. The molecule has 0 saturated heterocycles. The van der Waals surface area contributed by atoms with Crippen molar-refractivity contribution in [3.05, 3.63) is 29.3 Å². The average Bonchev–Trinajstić information content (AvgIpc) is 2.25. The molecule has 0 saturated carbocycles. The molecule has 0 spiro atoms. The van der Waals surface area contributed by atoms with E-state index in [0.29, 0.717) is 19.0 Å². The van der Waals surface area contributed by atoms with E-state index in [2.05, 4.69) is 0 Å². The van der Waals surface area contributed by atoms with Gasteiger partial charge in [-0.25, -0.2) is 4.79 Å². The summed E-state index contributed by atoms with van der Waals surface area (Å²) < 4.78 is 10.3. The van der Waals surface area contributed by atoms with Crippen LogP contribution in [0.3, 0.4) is 0 Å². The normalized spacial score (nSPS) is 10.0. The van der Waals surface area contributed by atoms with Gasteiger partial charge in [0.05, 0.1) is 13.7 Å². The van der Waals surface area contributed by atoms with E-state index in [0.717, 1.165) is 5.56 Å². The van der Waals surface area contributed by atoms with Gasteiger partial charge < -0.3 is 14.6 Å². The molecule has 0 heterocycles. The summed E-state index contributed by atoms with van der Waals surface area (Å²) in [6.07, 6.45) is 0. The lowest BCUT2D eigenvalue weighted by molar-refractivity contribution is 0.0692. The molecule has 0 fully saturated rings. The molecule has 0 unspecified atom stereocenters. The van der Waals surface area contributed by atoms with E-state index < -0.39 is 5.97 Å². The molecule has 0 atom stereocenters. The summed E-state index contributed by atoms with van der Waals surface area (Å²) in [6, 6.07) is 4.98. The number of carboxylic acid groups (broad SMARTS) is 1. The first-order valence-electron chi connectivity index (χ1n) is 4.67. The van der Waals surface area contributed by atoms with E-state index in [1.807, 2.05) is 6.92 Å². The van der Waals surface area contributed by atoms with Crippen LogP contribution in [0.4, 0.5) is 0 Å². The number of carboxylic acids is 1. The molecule has 0 aromatic heterocycles. The van der Waals surface area contributed by atoms with Crippen LogP contribution in [0.5, 0.6) is 5.75 Å². The second-order valence-electron chi connectivity index (χ2n) is 2.94. The minimum atomic E-state index is -0.995. The van der Waals surface area contributed by atoms with Gasteiger partial charge in [-0.1, -0.05) is 12.1 Å². The van der Waals surface area contributed by atoms with E-state index in [4.69, 9.17) is 14.6 Å². The number of hydrogen-bond acceptors (Lipinski definition) is 3. The molecule has 0 aliphatic rings. The molecule has 0 aliphatic carbocycles. The van der Waals surface area contributed by atoms with Crippen LogP contribution in [0.2, 0.25) is 0 Å². The minimum absolute atomic E-state index is 0.162. The Balaban J connectivity index is 3.04. The molecule has 0 radical (unpaired) electrons. The fraction of sp³-hybridized carbons (Fsp3) is 0.364. The summed E-state index contributed by atoms with van der Waals surface area (Å²) in [5, 5.41) is 8.93. The Morgan fingerprint density at radius 1 is 1.47 bits per heavy atom. The van der Waals surface area contributed by atoms with Crippen molar-refractivity contribution in [2.45, 2.75) is 13.5 Å². The molecular weight excluding hydrogens is 196 g/mol. The molecule has 0 bridgehead atoms. The molecule has 4 heteroatoms. The summed E-state index contributed by atoms with van der Waals surface area (Å²) in [5.41, 5.74) is 0.911. The van der Waals surface area contributed by atoms with Gasteiger partial charge in [-0.15, -0.1) is 0 Å². The van der Waals surface area contributed by atoms with Crippen molar-refractivity contribution in [1.29, 1.82) is 0 Å². The highest BCUT2D eigenvalue weighted by Gasteiger charge is 2.14. The summed E-state index contributed by atoms with van der Waals surface area (Å²) in [7, 11) is 1.46. The largest absolute Gasteiger partial charge is 0.495 e. The molecule has 1 rings (SSSR count). The number of ether oxygens (including phenoxy) is 2. The Bertz CT molecular complexity index is 346. The van der Waals surface area contributed by atoms with Crippen molar-refractivity contribution in [3.63, 3.8) is 0 Å². The SMILES string of the molecule is CCOCc1cccc(C(=O)O)c1OC. The van der Waals surface area contributed by atoms with Crippen LogP contribution >= 0.6 is 0 Å². The summed E-state index contributed by atoms with van der Waals surface area (Å²) in [4.78, 5) is 10.9. The predicted octanol–water partition coefficient (Wildman–Crippen LogP) is 1.93. The Morgan fingerprint density at radius 3 is 2.73 bits per heavy atom. The van der Waals surface area contributed by atoms with Gasteiger partial charge >= 0.3 is 5.97 Å². The second-order valence-corrected chi connectivity index (χ2v) is 2.94. The zero-order valence-corrected chi connectivity index (χ0v) is 8.82. The minimum Gasteiger partial charge on any atom is -0.495 e. The van der Waals surface area contributed by atoms with Crippen LogP contribution in [-0.2, 0) is 11.3 Å². The summed E-state index contributed by atoms with van der Waals surface area (Å²) in [5.74, 6) is -0.622. The van der Waals surface area contributed by atoms with Crippen molar-refractivity contribution >= 4 is 5.97 Å². The summed E-state index contributed by atoms with van der Waals surface area (Å²) in [6.45, 7) is 2.83. The number of para-hydroxylation sites is 1. The standard InChI is InChI=1S/C11H14O4/c1-3-15-7-8-5-4-6-9(11(12)13)10(8)14-2/h4-6H,3,7H2,1-2H3,(H,12,13). The number of carbonyl (C=O) groups is 1. The monoisotopic (exact) mass is 210 g/mol. The smallest absolute Gasteiger partial charge is 0.339 e. The van der Waals surface area contributed by atoms with Crippen molar-refractivity contribution in [2.75, 3.05) is 13.7 Å². The van der Waals surface area contributed by atoms with Gasteiger partial charge in [-0.05, 0) is 13.0 Å². The predicted molar refractivity (Wildman–Crippen MR) is 55.3 cm³/mol. The fourth-order valence-electron chi connectivity index (χ4n) is 1.32. The molecule has 15 heavy (non-hydrogen) atoms. The lowest BCUT2D eigenvalue weighted by Gasteiger charge is -2.10. The summed E-state index contributed by atoms with van der Waals surface area (Å²) >= 11 is 0. The maximum absolute atomic E-state index is 10.9. The first-order chi connectivity index (χ1) is 7.20. The molecule has 82 valence electrons. The lowest BCUT2D eigenvalue weighted by atomic mass is 10.1. The quantitative estimate of drug-likeness (QED) is 0.806. The number of hydrogen-bond donors (Lipinski definition) is 1. The van der Waals surface area contributed by atoms with Crippen molar-refractivity contribution < 1.29 is 19.4 Å². The van der Waals surface area contributed by atoms with Gasteiger partial charge in [-0.3, -0.25) is 0 Å². The number of benzene rings is 1. The first kappa shape index (κ1) is 11.5. The highest BCUT2D eigenvalue weighted by atomic mass is 16.5. The molecule has 0 amide bonds. The highest BCUT2D eigenvalue weighted by Crippen LogP contribution is 2.24. The van der Waals surface area contributed by atoms with Gasteiger partial charge in [0.25, 0.3) is 0 Å². The first-order valence-corrected chi connectivity index (χ1v) is 4.67. The molecule has 1 aromatic rings. The third-order valence-corrected chi connectivity index (χ3v) is 1.99. The average molecular weight is 210 g/mol. The van der Waals surface area contributed by atoms with E-state index in [1.165, 1.54) is 13.2 Å². The zero-order chi connectivity index (χ0) is 11.3. The molecular formula is C11H14O4. The van der Waals surface area contributed by atoms with Crippen molar-refractivity contribution in [1.82, 2.24) is 0 Å². The molecule has 1 aromatic carbocycles. The van der Waals surface area contributed by atoms with Crippen LogP contribution in [0, 0.1) is 0 Å². The van der Waals surface area contributed by atoms with E-state index in [9.17, 15) is 4.79 Å². The Labute approximate surface area is 88.4 Å². The van der Waals surface area contributed by atoms with Gasteiger partial charge in [0.1, 0.15) is 11.3 Å². The van der Waals surface area contributed by atoms with Gasteiger partial charge in [0.2, 0.25) is 0 Å². The Kier molecular flexibility index (Phi) is 4.12. The van der Waals surface area contributed by atoms with Crippen LogP contribution in [0.25, 0.3) is 0 Å². The van der Waals surface area contributed by atoms with Crippen molar-refractivity contribution in [2.24, 2.45) is 0 Å². The molecule has 4 nitrogen and oxygen atoms in total. The van der Waals surface area contributed by atoms with Gasteiger partial charge in [0, 0.05) is 12.2 Å². The van der Waals surface area contributed by atoms with Gasteiger partial charge in [-0.2, -0.15) is 0 Å². The van der Waals surface area contributed by atoms with Crippen LogP contribution in [0.15, 0.2) is 18.2 Å². The zero-order valence-electron chi connectivity index (χ0n) is 8.82. The second kappa shape index (κ2) is 5.36. The van der Waals surface area contributed by atoms with Crippen LogP contribution in [-0.4, -0.2) is 24.8 Å². The maximum atomic E-state index is 10.9. The number of aromatic carboxylic acids is 1. The Morgan fingerprint density at radius 2 is 2.20 bits per heavy atom. The third-order valence-electron chi connectivity index (χ3n) is 1.99. The van der Waals surface area contributed by atoms with Crippen molar-refractivity contribution in [3.8, 4) is 5.75 Å². The lowest BCUT2D eigenvalue weighted by Crippen LogP contribution is -2.04. The highest BCUT2D eigenvalue weighted by molar-refractivity contribution is 5.91. The number of methoxy groups -OCH3 is 1. The number of rotatable bonds is 5. The van der Waals surface area contributed by atoms with E-state index in [1.54, 1.807) is 12.1 Å². The molecule has 0 aliphatic heterocycles. The van der Waals surface area contributed by atoms with E-state index >= 15 is 0 Å². The van der Waals surface area contributed by atoms with Crippen LogP contribution in [0.1, 0.15) is 22.8 Å². The molecule has 1 N–H and O–H groups in total.